The van der Waals surface area contributed by atoms with Gasteiger partial charge in [-0.1, -0.05) is 18.2 Å². The lowest BCUT2D eigenvalue weighted by atomic mass is 9.84. The number of carbonyl (C=O) groups excluding carboxylic acids is 3. The molecule has 3 heterocycles. The molecule has 2 aliphatic rings. The van der Waals surface area contributed by atoms with Crippen molar-refractivity contribution in [1.29, 1.82) is 0 Å². The number of carbonyl (C=O) groups is 3. The van der Waals surface area contributed by atoms with Crippen molar-refractivity contribution in [2.24, 2.45) is 0 Å². The number of nitrogens with zero attached hydrogens (tertiary/aromatic N) is 1. The average Bonchev–Trinajstić information content (AvgIpc) is 3.27. The molecule has 1 spiro atoms. The SMILES string of the molecule is CS(=O)(=O)NCCc1ccc(C(=O)CN2C(=O)N[C@@]3(CCOc4ccccc43)C2=O)s1. The summed E-state index contributed by atoms with van der Waals surface area (Å²) in [5.74, 6) is -0.273. The number of urea groups is 1. The molecule has 0 unspecified atom stereocenters. The van der Waals surface area contributed by atoms with Crippen molar-refractivity contribution >= 4 is 39.1 Å². The molecule has 1 saturated heterocycles. The summed E-state index contributed by atoms with van der Waals surface area (Å²) in [7, 11) is -3.28. The predicted molar refractivity (Wildman–Crippen MR) is 114 cm³/mol. The summed E-state index contributed by atoms with van der Waals surface area (Å²) < 4.78 is 30.3. The third-order valence-electron chi connectivity index (χ3n) is 5.23. The van der Waals surface area contributed by atoms with E-state index >= 15 is 0 Å². The minimum absolute atomic E-state index is 0.226. The van der Waals surface area contributed by atoms with E-state index in [1.165, 1.54) is 11.3 Å². The summed E-state index contributed by atoms with van der Waals surface area (Å²) in [6, 6.07) is 9.81. The van der Waals surface area contributed by atoms with E-state index < -0.39 is 27.5 Å². The molecule has 1 aromatic carbocycles. The van der Waals surface area contributed by atoms with Gasteiger partial charge in [-0.05, 0) is 24.6 Å². The van der Waals surface area contributed by atoms with Gasteiger partial charge in [0.1, 0.15) is 5.75 Å². The number of fused-ring (bicyclic) bond motifs is 2. The molecule has 0 bridgehead atoms. The van der Waals surface area contributed by atoms with Crippen LogP contribution in [0.25, 0.3) is 0 Å². The van der Waals surface area contributed by atoms with E-state index in [1.54, 1.807) is 36.4 Å². The van der Waals surface area contributed by atoms with Gasteiger partial charge >= 0.3 is 6.03 Å². The fraction of sp³-hybridized carbons (Fsp3) is 0.350. The zero-order chi connectivity index (χ0) is 22.2. The van der Waals surface area contributed by atoms with E-state index in [-0.39, 0.29) is 31.9 Å². The van der Waals surface area contributed by atoms with Crippen LogP contribution in [0.15, 0.2) is 36.4 Å². The number of rotatable bonds is 7. The van der Waals surface area contributed by atoms with Crippen molar-refractivity contribution in [1.82, 2.24) is 14.9 Å². The fourth-order valence-corrected chi connectivity index (χ4v) is 5.17. The van der Waals surface area contributed by atoms with Crippen LogP contribution in [0.3, 0.4) is 0 Å². The highest BCUT2D eigenvalue weighted by Gasteiger charge is 2.55. The second kappa shape index (κ2) is 8.06. The van der Waals surface area contributed by atoms with Gasteiger partial charge in [-0.25, -0.2) is 17.9 Å². The van der Waals surface area contributed by atoms with Gasteiger partial charge in [0.05, 0.1) is 24.3 Å². The van der Waals surface area contributed by atoms with E-state index in [0.717, 1.165) is 16.0 Å². The molecule has 0 radical (unpaired) electrons. The molecule has 9 nitrogen and oxygen atoms in total. The number of amides is 3. The van der Waals surface area contributed by atoms with Crippen molar-refractivity contribution in [3.63, 3.8) is 0 Å². The van der Waals surface area contributed by atoms with Gasteiger partial charge in [0.15, 0.2) is 11.3 Å². The quantitative estimate of drug-likeness (QED) is 0.471. The summed E-state index contributed by atoms with van der Waals surface area (Å²) in [6.45, 7) is 0.140. The Kier molecular flexibility index (Phi) is 5.58. The number of hydrogen-bond acceptors (Lipinski definition) is 7. The Morgan fingerprint density at radius 2 is 2.03 bits per heavy atom. The summed E-state index contributed by atoms with van der Waals surface area (Å²) in [5.41, 5.74) is -0.629. The first kappa shape index (κ1) is 21.5. The van der Waals surface area contributed by atoms with Crippen molar-refractivity contribution in [3.05, 3.63) is 51.7 Å². The smallest absolute Gasteiger partial charge is 0.325 e. The van der Waals surface area contributed by atoms with E-state index in [1.807, 2.05) is 0 Å². The van der Waals surface area contributed by atoms with E-state index in [9.17, 15) is 22.8 Å². The molecule has 2 N–H and O–H groups in total. The number of hydrogen-bond donors (Lipinski definition) is 2. The minimum Gasteiger partial charge on any atom is -0.493 e. The van der Waals surface area contributed by atoms with Gasteiger partial charge in [0, 0.05) is 23.4 Å². The molecule has 3 amide bonds. The summed E-state index contributed by atoms with van der Waals surface area (Å²) in [4.78, 5) is 40.8. The highest BCUT2D eigenvalue weighted by atomic mass is 32.2. The van der Waals surface area contributed by atoms with Crippen molar-refractivity contribution in [3.8, 4) is 5.75 Å². The van der Waals surface area contributed by atoms with Gasteiger partial charge in [-0.2, -0.15) is 0 Å². The largest absolute Gasteiger partial charge is 0.493 e. The predicted octanol–water partition coefficient (Wildman–Crippen LogP) is 1.25. The van der Waals surface area contributed by atoms with Crippen molar-refractivity contribution in [2.75, 3.05) is 26.0 Å². The number of benzene rings is 1. The summed E-state index contributed by atoms with van der Waals surface area (Å²) >= 11 is 1.22. The van der Waals surface area contributed by atoms with Crippen LogP contribution in [0.5, 0.6) is 5.75 Å². The Morgan fingerprint density at radius 3 is 2.81 bits per heavy atom. The van der Waals surface area contributed by atoms with E-state index in [2.05, 4.69) is 10.0 Å². The Labute approximate surface area is 183 Å². The standard InChI is InChI=1S/C20H21N3O6S2/c1-31(27,28)21-10-8-13-6-7-17(30-13)15(24)12-23-18(25)20(22-19(23)26)9-11-29-16-5-3-2-4-14(16)20/h2-7,21H,8-12H2,1H3,(H,22,26)/t20-/m1/s1. The average molecular weight is 464 g/mol. The molecule has 4 rings (SSSR count). The molecule has 0 aliphatic carbocycles. The molecular weight excluding hydrogens is 442 g/mol. The molecule has 2 aromatic rings. The second-order valence-corrected chi connectivity index (χ2v) is 10.4. The number of nitrogens with one attached hydrogen (secondary N) is 2. The molecule has 1 fully saturated rings. The second-order valence-electron chi connectivity index (χ2n) is 7.43. The number of ketones is 1. The van der Waals surface area contributed by atoms with Crippen LogP contribution in [0.2, 0.25) is 0 Å². The molecule has 11 heteroatoms. The minimum atomic E-state index is -3.28. The first-order valence-corrected chi connectivity index (χ1v) is 12.3. The van der Waals surface area contributed by atoms with Gasteiger partial charge in [0.2, 0.25) is 10.0 Å². The lowest BCUT2D eigenvalue weighted by Crippen LogP contribution is -2.47. The molecule has 164 valence electrons. The van der Waals surface area contributed by atoms with Crippen molar-refractivity contribution < 1.29 is 27.5 Å². The highest BCUT2D eigenvalue weighted by molar-refractivity contribution is 7.88. The number of para-hydroxylation sites is 1. The summed E-state index contributed by atoms with van der Waals surface area (Å²) in [5, 5.41) is 2.77. The number of sulfonamides is 1. The van der Waals surface area contributed by atoms with Crippen molar-refractivity contribution in [2.45, 2.75) is 18.4 Å². The zero-order valence-corrected chi connectivity index (χ0v) is 18.3. The van der Waals surface area contributed by atoms with Crippen LogP contribution in [0.1, 0.15) is 26.5 Å². The van der Waals surface area contributed by atoms with Crippen LogP contribution in [-0.2, 0) is 26.8 Å². The third kappa shape index (κ3) is 4.21. The fourth-order valence-electron chi connectivity index (χ4n) is 3.76. The first-order chi connectivity index (χ1) is 14.7. The maximum Gasteiger partial charge on any atom is 0.325 e. The maximum absolute atomic E-state index is 13.2. The zero-order valence-electron chi connectivity index (χ0n) is 16.7. The highest BCUT2D eigenvalue weighted by Crippen LogP contribution is 2.41. The first-order valence-electron chi connectivity index (χ1n) is 9.62. The lowest BCUT2D eigenvalue weighted by Gasteiger charge is -2.33. The molecular formula is C20H21N3O6S2. The van der Waals surface area contributed by atoms with Gasteiger partial charge in [0.25, 0.3) is 5.91 Å². The normalized spacial score (nSPS) is 20.5. The van der Waals surface area contributed by atoms with Crippen LogP contribution in [0, 0.1) is 0 Å². The third-order valence-corrected chi connectivity index (χ3v) is 7.15. The molecule has 0 saturated carbocycles. The number of thiophene rings is 1. The van der Waals surface area contributed by atoms with Crippen LogP contribution in [-0.4, -0.2) is 57.0 Å². The topological polar surface area (TPSA) is 122 Å². The lowest BCUT2D eigenvalue weighted by molar-refractivity contribution is -0.132. The molecule has 31 heavy (non-hydrogen) atoms. The van der Waals surface area contributed by atoms with E-state index in [0.29, 0.717) is 22.6 Å². The Bertz CT molecular complexity index is 1160. The number of ether oxygens (including phenoxy) is 1. The molecule has 1 atom stereocenters. The molecule has 1 aromatic heterocycles. The maximum atomic E-state index is 13.2. The monoisotopic (exact) mass is 463 g/mol. The number of imide groups is 1. The molecule has 2 aliphatic heterocycles. The van der Waals surface area contributed by atoms with E-state index in [4.69, 9.17) is 4.74 Å². The Hall–Kier alpha value is -2.76. The van der Waals surface area contributed by atoms with Crippen LogP contribution >= 0.6 is 11.3 Å². The Morgan fingerprint density at radius 1 is 1.26 bits per heavy atom. The van der Waals surface area contributed by atoms with Crippen LogP contribution in [0.4, 0.5) is 4.79 Å². The van der Waals surface area contributed by atoms with Gasteiger partial charge in [-0.3, -0.25) is 14.5 Å². The van der Waals surface area contributed by atoms with Crippen LogP contribution < -0.4 is 14.8 Å². The number of Topliss-reactive ketones (excluding diaryl/α,β-unsaturated/α-hetero) is 1. The summed E-state index contributed by atoms with van der Waals surface area (Å²) in [6.07, 6.45) is 1.81. The van der Waals surface area contributed by atoms with Gasteiger partial charge < -0.3 is 10.1 Å². The van der Waals surface area contributed by atoms with Gasteiger partial charge in [-0.15, -0.1) is 11.3 Å². The Balaban J connectivity index is 1.46.